The van der Waals surface area contributed by atoms with Gasteiger partial charge in [0.25, 0.3) is 5.91 Å². The second kappa shape index (κ2) is 5.06. The van der Waals surface area contributed by atoms with Crippen LogP contribution in [0.3, 0.4) is 0 Å². The number of hydrogen-bond acceptors (Lipinski definition) is 2. The van der Waals surface area contributed by atoms with Crippen molar-refractivity contribution >= 4 is 17.3 Å². The van der Waals surface area contributed by atoms with Crippen molar-refractivity contribution in [3.8, 4) is 0 Å². The predicted molar refractivity (Wildman–Crippen MR) is 69.9 cm³/mol. The molecule has 1 amide bonds. The van der Waals surface area contributed by atoms with Gasteiger partial charge in [0.2, 0.25) is 0 Å². The minimum Gasteiger partial charge on any atom is -0.399 e. The molecule has 0 saturated carbocycles. The van der Waals surface area contributed by atoms with Crippen molar-refractivity contribution in [1.82, 2.24) is 0 Å². The van der Waals surface area contributed by atoms with Crippen molar-refractivity contribution in [2.24, 2.45) is 0 Å². The highest BCUT2D eigenvalue weighted by molar-refractivity contribution is 6.06. The summed E-state index contributed by atoms with van der Waals surface area (Å²) < 4.78 is 27.2. The smallest absolute Gasteiger partial charge is 0.258 e. The molecule has 0 atom stereocenters. The van der Waals surface area contributed by atoms with Crippen LogP contribution in [0.2, 0.25) is 0 Å². The Morgan fingerprint density at radius 3 is 2.26 bits per heavy atom. The van der Waals surface area contributed by atoms with E-state index in [1.54, 1.807) is 12.1 Å². The van der Waals surface area contributed by atoms with Crippen LogP contribution in [-0.4, -0.2) is 13.0 Å². The Balaban J connectivity index is 2.39. The monoisotopic (exact) mass is 262 g/mol. The number of carbonyl (C=O) groups is 1. The van der Waals surface area contributed by atoms with Crippen molar-refractivity contribution in [3.05, 3.63) is 59.7 Å². The zero-order valence-corrected chi connectivity index (χ0v) is 10.2. The molecule has 0 aliphatic carbocycles. The van der Waals surface area contributed by atoms with E-state index in [0.717, 1.165) is 17.0 Å². The van der Waals surface area contributed by atoms with Gasteiger partial charge in [-0.2, -0.15) is 0 Å². The molecule has 0 bridgehead atoms. The summed E-state index contributed by atoms with van der Waals surface area (Å²) in [5.74, 6) is -2.11. The molecule has 5 heteroatoms. The first-order chi connectivity index (χ1) is 9.00. The second-order valence-electron chi connectivity index (χ2n) is 4.06. The van der Waals surface area contributed by atoms with Crippen molar-refractivity contribution in [1.29, 1.82) is 0 Å². The van der Waals surface area contributed by atoms with Gasteiger partial charge in [-0.25, -0.2) is 8.78 Å². The van der Waals surface area contributed by atoms with Gasteiger partial charge in [-0.05, 0) is 30.3 Å². The van der Waals surface area contributed by atoms with Crippen LogP contribution in [0.25, 0.3) is 0 Å². The van der Waals surface area contributed by atoms with Gasteiger partial charge >= 0.3 is 0 Å². The van der Waals surface area contributed by atoms with Crippen molar-refractivity contribution in [2.75, 3.05) is 17.7 Å². The van der Waals surface area contributed by atoms with Crippen LogP contribution < -0.4 is 10.6 Å². The molecular weight excluding hydrogens is 250 g/mol. The predicted octanol–water partition coefficient (Wildman–Crippen LogP) is 2.82. The number of nitrogens with zero attached hydrogens (tertiary/aromatic N) is 1. The average molecular weight is 262 g/mol. The van der Waals surface area contributed by atoms with E-state index in [2.05, 4.69) is 0 Å². The third-order valence-corrected chi connectivity index (χ3v) is 2.71. The fourth-order valence-electron chi connectivity index (χ4n) is 1.78. The van der Waals surface area contributed by atoms with Crippen molar-refractivity contribution < 1.29 is 13.6 Å². The first-order valence-corrected chi connectivity index (χ1v) is 5.58. The number of hydrogen-bond donors (Lipinski definition) is 1. The van der Waals surface area contributed by atoms with E-state index >= 15 is 0 Å². The van der Waals surface area contributed by atoms with Gasteiger partial charge in [0.05, 0.1) is 0 Å². The van der Waals surface area contributed by atoms with Crippen LogP contribution in [0.1, 0.15) is 10.4 Å². The summed E-state index contributed by atoms with van der Waals surface area (Å²) >= 11 is 0. The topological polar surface area (TPSA) is 46.3 Å². The zero-order valence-electron chi connectivity index (χ0n) is 10.2. The van der Waals surface area contributed by atoms with E-state index in [4.69, 9.17) is 5.73 Å². The van der Waals surface area contributed by atoms with Crippen LogP contribution in [0.4, 0.5) is 20.2 Å². The number of halogens is 2. The number of nitrogen functional groups attached to an aromatic ring is 1. The zero-order chi connectivity index (χ0) is 14.0. The Hall–Kier alpha value is -2.43. The Morgan fingerprint density at radius 1 is 1.11 bits per heavy atom. The Bertz CT molecular complexity index is 608. The van der Waals surface area contributed by atoms with E-state index < -0.39 is 17.5 Å². The van der Waals surface area contributed by atoms with Gasteiger partial charge in [-0.15, -0.1) is 0 Å². The normalized spacial score (nSPS) is 10.3. The van der Waals surface area contributed by atoms with Crippen LogP contribution in [0, 0.1) is 11.6 Å². The van der Waals surface area contributed by atoms with E-state index in [1.165, 1.54) is 25.2 Å². The maximum absolute atomic E-state index is 13.6. The highest BCUT2D eigenvalue weighted by atomic mass is 19.1. The summed E-state index contributed by atoms with van der Waals surface area (Å²) in [6.45, 7) is 0. The summed E-state index contributed by atoms with van der Waals surface area (Å²) in [5.41, 5.74) is 5.88. The molecule has 0 unspecified atom stereocenters. The lowest BCUT2D eigenvalue weighted by Crippen LogP contribution is -2.28. The summed E-state index contributed by atoms with van der Waals surface area (Å²) in [6.07, 6.45) is 0. The molecule has 0 aromatic heterocycles. The van der Waals surface area contributed by atoms with Crippen molar-refractivity contribution in [2.45, 2.75) is 0 Å². The molecule has 2 aromatic rings. The fourth-order valence-corrected chi connectivity index (χ4v) is 1.78. The lowest BCUT2D eigenvalue weighted by molar-refractivity contribution is 0.0991. The maximum Gasteiger partial charge on any atom is 0.258 e. The Kier molecular flexibility index (Phi) is 3.46. The minimum absolute atomic E-state index is 0.269. The van der Waals surface area contributed by atoms with E-state index in [0.29, 0.717) is 5.69 Å². The van der Waals surface area contributed by atoms with E-state index in [-0.39, 0.29) is 11.3 Å². The van der Waals surface area contributed by atoms with Gasteiger partial charge < -0.3 is 10.6 Å². The molecular formula is C14H12F2N2O. The molecule has 2 rings (SSSR count). The Labute approximate surface area is 109 Å². The molecule has 19 heavy (non-hydrogen) atoms. The molecule has 0 fully saturated rings. The van der Waals surface area contributed by atoms with Gasteiger partial charge in [0.15, 0.2) is 0 Å². The van der Waals surface area contributed by atoms with Crippen LogP contribution in [0.15, 0.2) is 42.5 Å². The molecule has 0 heterocycles. The van der Waals surface area contributed by atoms with Crippen LogP contribution in [-0.2, 0) is 0 Å². The lowest BCUT2D eigenvalue weighted by atomic mass is 10.1. The molecule has 0 spiro atoms. The number of para-hydroxylation sites is 1. The largest absolute Gasteiger partial charge is 0.399 e. The maximum atomic E-state index is 13.6. The van der Waals surface area contributed by atoms with Gasteiger partial charge in [0.1, 0.15) is 17.3 Å². The standard InChI is InChI=1S/C14H12F2N2O/c1-18(13-11(15)6-3-7-12(13)16)14(19)9-4-2-5-10(17)8-9/h2-8H,17H2,1H3. The molecule has 0 radical (unpaired) electrons. The van der Waals surface area contributed by atoms with Gasteiger partial charge in [-0.3, -0.25) is 4.79 Å². The quantitative estimate of drug-likeness (QED) is 0.846. The number of anilines is 2. The fraction of sp³-hybridized carbons (Fsp3) is 0.0714. The molecule has 0 saturated heterocycles. The average Bonchev–Trinajstić information content (AvgIpc) is 2.37. The first-order valence-electron chi connectivity index (χ1n) is 5.58. The van der Waals surface area contributed by atoms with E-state index in [1.807, 2.05) is 0 Å². The van der Waals surface area contributed by atoms with Crippen molar-refractivity contribution in [3.63, 3.8) is 0 Å². The molecule has 3 nitrogen and oxygen atoms in total. The first kappa shape index (κ1) is 13.0. The van der Waals surface area contributed by atoms with Gasteiger partial charge in [-0.1, -0.05) is 12.1 Å². The minimum atomic E-state index is -0.792. The van der Waals surface area contributed by atoms with Crippen LogP contribution in [0.5, 0.6) is 0 Å². The summed E-state index contributed by atoms with van der Waals surface area (Å²) in [7, 11) is 1.31. The SMILES string of the molecule is CN(C(=O)c1cccc(N)c1)c1c(F)cccc1F. The van der Waals surface area contributed by atoms with Crippen LogP contribution >= 0.6 is 0 Å². The number of carbonyl (C=O) groups excluding carboxylic acids is 1. The third-order valence-electron chi connectivity index (χ3n) is 2.71. The summed E-state index contributed by atoms with van der Waals surface area (Å²) in [6, 6.07) is 9.66. The third kappa shape index (κ3) is 2.54. The second-order valence-corrected chi connectivity index (χ2v) is 4.06. The molecule has 98 valence electrons. The Morgan fingerprint density at radius 2 is 1.68 bits per heavy atom. The molecule has 0 aliphatic heterocycles. The molecule has 0 aliphatic rings. The number of amides is 1. The molecule has 2 N–H and O–H groups in total. The number of rotatable bonds is 2. The van der Waals surface area contributed by atoms with Gasteiger partial charge in [0, 0.05) is 18.3 Å². The summed E-state index contributed by atoms with van der Waals surface area (Å²) in [5, 5.41) is 0. The lowest BCUT2D eigenvalue weighted by Gasteiger charge is -2.18. The highest BCUT2D eigenvalue weighted by Gasteiger charge is 2.20. The van der Waals surface area contributed by atoms with E-state index in [9.17, 15) is 13.6 Å². The number of nitrogens with two attached hydrogens (primary N) is 1. The highest BCUT2D eigenvalue weighted by Crippen LogP contribution is 2.23. The summed E-state index contributed by atoms with van der Waals surface area (Å²) in [4.78, 5) is 13.1. The number of benzene rings is 2. The molecule has 2 aromatic carbocycles.